The predicted octanol–water partition coefficient (Wildman–Crippen LogP) is 1.64. The van der Waals surface area contributed by atoms with Crippen LogP contribution in [-0.4, -0.2) is 9.97 Å². The van der Waals surface area contributed by atoms with Gasteiger partial charge in [-0.05, 0) is 5.56 Å². The van der Waals surface area contributed by atoms with Crippen LogP contribution in [0.2, 0.25) is 0 Å². The Hall–Kier alpha value is -2.10. The minimum absolute atomic E-state index is 0.252. The molecule has 0 aliphatic carbocycles. The highest BCUT2D eigenvalue weighted by Crippen LogP contribution is 2.09. The van der Waals surface area contributed by atoms with E-state index in [4.69, 9.17) is 10.5 Å². The van der Waals surface area contributed by atoms with Gasteiger partial charge in [-0.1, -0.05) is 30.3 Å². The average Bonchev–Trinajstić information content (AvgIpc) is 2.30. The van der Waals surface area contributed by atoms with Gasteiger partial charge in [-0.25, -0.2) is 9.97 Å². The van der Waals surface area contributed by atoms with Gasteiger partial charge < -0.3 is 10.5 Å². The lowest BCUT2D eigenvalue weighted by Gasteiger charge is -2.04. The van der Waals surface area contributed by atoms with Gasteiger partial charge in [-0.3, -0.25) is 0 Å². The van der Waals surface area contributed by atoms with Gasteiger partial charge >= 0.3 is 0 Å². The molecule has 4 nitrogen and oxygen atoms in total. The summed E-state index contributed by atoms with van der Waals surface area (Å²) in [5, 5.41) is 0. The van der Waals surface area contributed by atoms with Crippen molar-refractivity contribution in [3.8, 4) is 5.75 Å². The van der Waals surface area contributed by atoms with E-state index in [0.29, 0.717) is 12.4 Å². The van der Waals surface area contributed by atoms with Gasteiger partial charge in [0.25, 0.3) is 0 Å². The Morgan fingerprint density at radius 1 is 1.07 bits per heavy atom. The van der Waals surface area contributed by atoms with Crippen LogP contribution in [0.15, 0.2) is 42.7 Å². The summed E-state index contributed by atoms with van der Waals surface area (Å²) in [5.41, 5.74) is 6.46. The molecule has 0 aliphatic rings. The van der Waals surface area contributed by atoms with Crippen LogP contribution in [0.25, 0.3) is 0 Å². The summed E-state index contributed by atoms with van der Waals surface area (Å²) in [6.45, 7) is 0.508. The molecule has 1 aromatic heterocycles. The van der Waals surface area contributed by atoms with E-state index in [0.717, 1.165) is 5.56 Å². The van der Waals surface area contributed by atoms with E-state index in [2.05, 4.69) is 9.97 Å². The number of nitrogen functional groups attached to an aromatic ring is 1. The Labute approximate surface area is 87.7 Å². The summed E-state index contributed by atoms with van der Waals surface area (Å²) in [7, 11) is 0. The maximum Gasteiger partial charge on any atom is 0.220 e. The van der Waals surface area contributed by atoms with E-state index in [-0.39, 0.29) is 5.95 Å². The molecule has 15 heavy (non-hydrogen) atoms. The Kier molecular flexibility index (Phi) is 2.78. The molecule has 2 aromatic rings. The number of aromatic nitrogens is 2. The molecule has 76 valence electrons. The lowest BCUT2D eigenvalue weighted by molar-refractivity contribution is 0.303. The predicted molar refractivity (Wildman–Crippen MR) is 57.2 cm³/mol. The van der Waals surface area contributed by atoms with Crippen LogP contribution in [0.3, 0.4) is 0 Å². The lowest BCUT2D eigenvalue weighted by Crippen LogP contribution is -1.98. The van der Waals surface area contributed by atoms with Crippen molar-refractivity contribution in [3.63, 3.8) is 0 Å². The van der Waals surface area contributed by atoms with Gasteiger partial charge in [-0.15, -0.1) is 0 Å². The summed E-state index contributed by atoms with van der Waals surface area (Å²) in [5.74, 6) is 0.870. The topological polar surface area (TPSA) is 61.0 Å². The third kappa shape index (κ3) is 2.67. The van der Waals surface area contributed by atoms with Crippen LogP contribution < -0.4 is 10.5 Å². The standard InChI is InChI=1S/C11H11N3O/c12-11-13-6-10(7-14-11)15-8-9-4-2-1-3-5-9/h1-7H,8H2,(H2,12,13,14). The minimum Gasteiger partial charge on any atom is -0.486 e. The molecule has 1 aromatic carbocycles. The zero-order chi connectivity index (χ0) is 10.5. The molecule has 0 unspecified atom stereocenters. The van der Waals surface area contributed by atoms with Crippen molar-refractivity contribution >= 4 is 5.95 Å². The van der Waals surface area contributed by atoms with E-state index in [1.807, 2.05) is 30.3 Å². The van der Waals surface area contributed by atoms with Crippen molar-refractivity contribution in [3.05, 3.63) is 48.3 Å². The van der Waals surface area contributed by atoms with Crippen LogP contribution in [0.5, 0.6) is 5.75 Å². The van der Waals surface area contributed by atoms with Crippen molar-refractivity contribution in [2.75, 3.05) is 5.73 Å². The highest BCUT2D eigenvalue weighted by Gasteiger charge is 1.96. The first-order chi connectivity index (χ1) is 7.34. The average molecular weight is 201 g/mol. The molecular weight excluding hydrogens is 190 g/mol. The number of rotatable bonds is 3. The molecule has 0 fully saturated rings. The second-order valence-corrected chi connectivity index (χ2v) is 3.05. The quantitative estimate of drug-likeness (QED) is 0.820. The maximum atomic E-state index is 5.47. The third-order valence-corrected chi connectivity index (χ3v) is 1.90. The van der Waals surface area contributed by atoms with Crippen molar-refractivity contribution in [2.24, 2.45) is 0 Å². The second kappa shape index (κ2) is 4.41. The monoisotopic (exact) mass is 201 g/mol. The zero-order valence-corrected chi connectivity index (χ0v) is 8.13. The molecule has 0 bridgehead atoms. The highest BCUT2D eigenvalue weighted by molar-refractivity contribution is 5.22. The Morgan fingerprint density at radius 3 is 2.40 bits per heavy atom. The number of hydrogen-bond donors (Lipinski definition) is 1. The Balaban J connectivity index is 1.96. The maximum absolute atomic E-state index is 5.47. The fourth-order valence-corrected chi connectivity index (χ4v) is 1.14. The van der Waals surface area contributed by atoms with Gasteiger partial charge in [0.05, 0.1) is 12.4 Å². The molecule has 0 saturated carbocycles. The highest BCUT2D eigenvalue weighted by atomic mass is 16.5. The molecule has 0 spiro atoms. The zero-order valence-electron chi connectivity index (χ0n) is 8.13. The van der Waals surface area contributed by atoms with E-state index >= 15 is 0 Å². The first-order valence-corrected chi connectivity index (χ1v) is 4.59. The summed E-state index contributed by atoms with van der Waals surface area (Å²) in [4.78, 5) is 7.67. The molecular formula is C11H11N3O. The van der Waals surface area contributed by atoms with E-state index in [1.54, 1.807) is 12.4 Å². The van der Waals surface area contributed by atoms with Gasteiger partial charge in [0.15, 0.2) is 5.75 Å². The first-order valence-electron chi connectivity index (χ1n) is 4.59. The first kappa shape index (κ1) is 9.45. The second-order valence-electron chi connectivity index (χ2n) is 3.05. The van der Waals surface area contributed by atoms with Crippen molar-refractivity contribution < 1.29 is 4.74 Å². The molecule has 4 heteroatoms. The summed E-state index contributed by atoms with van der Waals surface area (Å²) in [6.07, 6.45) is 3.12. The third-order valence-electron chi connectivity index (χ3n) is 1.90. The fraction of sp³-hybridized carbons (Fsp3) is 0.0909. The molecule has 2 rings (SSSR count). The number of hydrogen-bond acceptors (Lipinski definition) is 4. The summed E-state index contributed by atoms with van der Waals surface area (Å²) in [6, 6.07) is 9.91. The van der Waals surface area contributed by atoms with Crippen LogP contribution >= 0.6 is 0 Å². The molecule has 1 heterocycles. The van der Waals surface area contributed by atoms with E-state index in [1.165, 1.54) is 0 Å². The van der Waals surface area contributed by atoms with Crippen molar-refractivity contribution in [1.82, 2.24) is 9.97 Å². The van der Waals surface area contributed by atoms with Crippen LogP contribution in [0.4, 0.5) is 5.95 Å². The van der Waals surface area contributed by atoms with E-state index < -0.39 is 0 Å². The van der Waals surface area contributed by atoms with Gasteiger partial charge in [0, 0.05) is 0 Å². The normalized spacial score (nSPS) is 9.87. The van der Waals surface area contributed by atoms with Gasteiger partial charge in [-0.2, -0.15) is 0 Å². The molecule has 0 radical (unpaired) electrons. The number of nitrogens with zero attached hydrogens (tertiary/aromatic N) is 2. The number of anilines is 1. The molecule has 0 amide bonds. The van der Waals surface area contributed by atoms with Gasteiger partial charge in [0.1, 0.15) is 6.61 Å². The number of ether oxygens (including phenoxy) is 1. The largest absolute Gasteiger partial charge is 0.486 e. The van der Waals surface area contributed by atoms with E-state index in [9.17, 15) is 0 Å². The summed E-state index contributed by atoms with van der Waals surface area (Å²) >= 11 is 0. The minimum atomic E-state index is 0.252. The lowest BCUT2D eigenvalue weighted by atomic mass is 10.2. The molecule has 0 saturated heterocycles. The van der Waals surface area contributed by atoms with Crippen LogP contribution in [0, 0.1) is 0 Å². The number of benzene rings is 1. The summed E-state index contributed by atoms with van der Waals surface area (Å²) < 4.78 is 5.47. The van der Waals surface area contributed by atoms with Crippen LogP contribution in [0.1, 0.15) is 5.56 Å². The van der Waals surface area contributed by atoms with Gasteiger partial charge in [0.2, 0.25) is 5.95 Å². The van der Waals surface area contributed by atoms with Crippen molar-refractivity contribution in [2.45, 2.75) is 6.61 Å². The Morgan fingerprint density at radius 2 is 1.73 bits per heavy atom. The number of nitrogens with two attached hydrogens (primary N) is 1. The Bertz CT molecular complexity index is 414. The van der Waals surface area contributed by atoms with Crippen LogP contribution in [-0.2, 0) is 6.61 Å². The fourth-order valence-electron chi connectivity index (χ4n) is 1.14. The smallest absolute Gasteiger partial charge is 0.220 e. The molecule has 0 aliphatic heterocycles. The SMILES string of the molecule is Nc1ncc(OCc2ccccc2)cn1. The molecule has 0 atom stereocenters. The van der Waals surface area contributed by atoms with Crippen molar-refractivity contribution in [1.29, 1.82) is 0 Å². The molecule has 2 N–H and O–H groups in total.